The molecule has 134 valence electrons. The van der Waals surface area contributed by atoms with Gasteiger partial charge in [0.15, 0.2) is 0 Å². The van der Waals surface area contributed by atoms with Crippen LogP contribution in [0, 0.1) is 0 Å². The monoisotopic (exact) mass is 406 g/mol. The number of nitrogens with one attached hydrogen (secondary N) is 1. The van der Waals surface area contributed by atoms with Gasteiger partial charge in [-0.1, -0.05) is 28.1 Å². The van der Waals surface area contributed by atoms with E-state index in [1.165, 1.54) is 0 Å². The predicted molar refractivity (Wildman–Crippen MR) is 103 cm³/mol. The van der Waals surface area contributed by atoms with Crippen molar-refractivity contribution < 1.29 is 14.3 Å². The van der Waals surface area contributed by atoms with Crippen molar-refractivity contribution in [2.45, 2.75) is 6.92 Å². The second-order valence-corrected chi connectivity index (χ2v) is 6.43. The van der Waals surface area contributed by atoms with Gasteiger partial charge in [-0.05, 0) is 50.4 Å². The molecule has 2 aromatic rings. The van der Waals surface area contributed by atoms with Crippen molar-refractivity contribution in [2.75, 3.05) is 38.7 Å². The maximum atomic E-state index is 12.2. The standard InChI is InChI=1S/C19H23BrN2O3/c1-3-24-18-7-5-4-6-17(18)21-19(23)14-22(2)12-13-25-16-10-8-15(20)9-11-16/h4-11H,3,12-14H2,1-2H3,(H,21,23). The fourth-order valence-electron chi connectivity index (χ4n) is 2.22. The quantitative estimate of drug-likeness (QED) is 0.687. The molecule has 0 bridgehead atoms. The van der Waals surface area contributed by atoms with E-state index in [0.29, 0.717) is 31.2 Å². The summed E-state index contributed by atoms with van der Waals surface area (Å²) < 4.78 is 12.2. The molecule has 1 N–H and O–H groups in total. The van der Waals surface area contributed by atoms with Gasteiger partial charge >= 0.3 is 0 Å². The Morgan fingerprint density at radius 3 is 2.56 bits per heavy atom. The van der Waals surface area contributed by atoms with E-state index in [4.69, 9.17) is 9.47 Å². The number of carbonyl (C=O) groups excluding carboxylic acids is 1. The van der Waals surface area contributed by atoms with Gasteiger partial charge in [-0.2, -0.15) is 0 Å². The minimum atomic E-state index is -0.0849. The van der Waals surface area contributed by atoms with Gasteiger partial charge in [0, 0.05) is 11.0 Å². The summed E-state index contributed by atoms with van der Waals surface area (Å²) in [6.07, 6.45) is 0. The summed E-state index contributed by atoms with van der Waals surface area (Å²) >= 11 is 3.39. The fourth-order valence-corrected chi connectivity index (χ4v) is 2.48. The highest BCUT2D eigenvalue weighted by molar-refractivity contribution is 9.10. The number of amides is 1. The van der Waals surface area contributed by atoms with E-state index in [0.717, 1.165) is 10.2 Å². The van der Waals surface area contributed by atoms with Gasteiger partial charge in [-0.3, -0.25) is 9.69 Å². The van der Waals surface area contributed by atoms with E-state index in [9.17, 15) is 4.79 Å². The molecular weight excluding hydrogens is 384 g/mol. The maximum absolute atomic E-state index is 12.2. The zero-order valence-electron chi connectivity index (χ0n) is 14.5. The third kappa shape index (κ3) is 6.76. The first kappa shape index (κ1) is 19.3. The third-order valence-corrected chi connectivity index (χ3v) is 3.96. The molecule has 0 atom stereocenters. The highest BCUT2D eigenvalue weighted by atomic mass is 79.9. The zero-order chi connectivity index (χ0) is 18.1. The van der Waals surface area contributed by atoms with Crippen LogP contribution in [-0.4, -0.2) is 44.2 Å². The molecule has 0 aliphatic carbocycles. The normalized spacial score (nSPS) is 10.6. The zero-order valence-corrected chi connectivity index (χ0v) is 16.1. The first-order chi connectivity index (χ1) is 12.1. The smallest absolute Gasteiger partial charge is 0.238 e. The largest absolute Gasteiger partial charge is 0.492 e. The molecule has 0 unspecified atom stereocenters. The molecule has 0 fully saturated rings. The lowest BCUT2D eigenvalue weighted by molar-refractivity contribution is -0.117. The van der Waals surface area contributed by atoms with E-state index >= 15 is 0 Å². The molecule has 25 heavy (non-hydrogen) atoms. The molecule has 1 amide bonds. The summed E-state index contributed by atoms with van der Waals surface area (Å²) in [5.74, 6) is 1.41. The number of rotatable bonds is 9. The van der Waals surface area contributed by atoms with Gasteiger partial charge in [0.05, 0.1) is 18.8 Å². The van der Waals surface area contributed by atoms with Crippen LogP contribution in [0.1, 0.15) is 6.92 Å². The van der Waals surface area contributed by atoms with Crippen LogP contribution in [0.3, 0.4) is 0 Å². The number of ether oxygens (including phenoxy) is 2. The van der Waals surface area contributed by atoms with Crippen molar-refractivity contribution in [1.82, 2.24) is 4.90 Å². The molecular formula is C19H23BrN2O3. The van der Waals surface area contributed by atoms with Gasteiger partial charge in [-0.15, -0.1) is 0 Å². The van der Waals surface area contributed by atoms with Crippen LogP contribution in [-0.2, 0) is 4.79 Å². The van der Waals surface area contributed by atoms with E-state index in [2.05, 4.69) is 21.2 Å². The first-order valence-corrected chi connectivity index (χ1v) is 8.96. The minimum Gasteiger partial charge on any atom is -0.492 e. The predicted octanol–water partition coefficient (Wildman–Crippen LogP) is 3.80. The van der Waals surface area contributed by atoms with Crippen molar-refractivity contribution in [1.29, 1.82) is 0 Å². The Balaban J connectivity index is 1.75. The lowest BCUT2D eigenvalue weighted by atomic mass is 10.3. The van der Waals surface area contributed by atoms with Crippen LogP contribution in [0.5, 0.6) is 11.5 Å². The van der Waals surface area contributed by atoms with Crippen LogP contribution in [0.25, 0.3) is 0 Å². The fraction of sp³-hybridized carbons (Fsp3) is 0.316. The number of halogens is 1. The Morgan fingerprint density at radius 2 is 1.84 bits per heavy atom. The summed E-state index contributed by atoms with van der Waals surface area (Å²) in [7, 11) is 1.89. The lowest BCUT2D eigenvalue weighted by Gasteiger charge is -2.17. The highest BCUT2D eigenvalue weighted by Gasteiger charge is 2.10. The Morgan fingerprint density at radius 1 is 1.12 bits per heavy atom. The number of likely N-dealkylation sites (N-methyl/N-ethyl adjacent to an activating group) is 1. The number of hydrogen-bond donors (Lipinski definition) is 1. The number of hydrogen-bond acceptors (Lipinski definition) is 4. The number of benzene rings is 2. The Bertz CT molecular complexity index is 677. The van der Waals surface area contributed by atoms with E-state index in [1.807, 2.05) is 67.4 Å². The molecule has 0 heterocycles. The molecule has 6 heteroatoms. The van der Waals surface area contributed by atoms with Crippen LogP contribution in [0.15, 0.2) is 53.0 Å². The molecule has 0 spiro atoms. The van der Waals surface area contributed by atoms with E-state index in [1.54, 1.807) is 0 Å². The van der Waals surface area contributed by atoms with Gasteiger partial charge in [0.1, 0.15) is 18.1 Å². The van der Waals surface area contributed by atoms with Crippen molar-refractivity contribution in [3.8, 4) is 11.5 Å². The molecule has 0 aromatic heterocycles. The van der Waals surface area contributed by atoms with Gasteiger partial charge in [-0.25, -0.2) is 0 Å². The maximum Gasteiger partial charge on any atom is 0.238 e. The number of para-hydroxylation sites is 2. The van der Waals surface area contributed by atoms with Crippen LogP contribution < -0.4 is 14.8 Å². The average Bonchev–Trinajstić information content (AvgIpc) is 2.58. The van der Waals surface area contributed by atoms with Gasteiger partial charge < -0.3 is 14.8 Å². The molecule has 5 nitrogen and oxygen atoms in total. The second kappa shape index (κ2) is 10.1. The molecule has 0 saturated heterocycles. The summed E-state index contributed by atoms with van der Waals surface area (Å²) in [5.41, 5.74) is 0.689. The van der Waals surface area contributed by atoms with Crippen molar-refractivity contribution in [2.24, 2.45) is 0 Å². The van der Waals surface area contributed by atoms with Crippen molar-refractivity contribution in [3.63, 3.8) is 0 Å². The first-order valence-electron chi connectivity index (χ1n) is 8.17. The van der Waals surface area contributed by atoms with Gasteiger partial charge in [0.25, 0.3) is 0 Å². The topological polar surface area (TPSA) is 50.8 Å². The summed E-state index contributed by atoms with van der Waals surface area (Å²) in [5, 5.41) is 2.89. The average molecular weight is 407 g/mol. The summed E-state index contributed by atoms with van der Waals surface area (Å²) in [6.45, 7) is 3.92. The summed E-state index contributed by atoms with van der Waals surface area (Å²) in [4.78, 5) is 14.1. The number of anilines is 1. The highest BCUT2D eigenvalue weighted by Crippen LogP contribution is 2.23. The lowest BCUT2D eigenvalue weighted by Crippen LogP contribution is -2.33. The Kier molecular flexibility index (Phi) is 7.76. The van der Waals surface area contributed by atoms with E-state index in [-0.39, 0.29) is 12.5 Å². The SMILES string of the molecule is CCOc1ccccc1NC(=O)CN(C)CCOc1ccc(Br)cc1. The molecule has 0 aliphatic rings. The minimum absolute atomic E-state index is 0.0849. The van der Waals surface area contributed by atoms with Gasteiger partial charge in [0.2, 0.25) is 5.91 Å². The molecule has 0 radical (unpaired) electrons. The molecule has 2 rings (SSSR count). The van der Waals surface area contributed by atoms with Crippen LogP contribution in [0.4, 0.5) is 5.69 Å². The van der Waals surface area contributed by atoms with Crippen LogP contribution >= 0.6 is 15.9 Å². The number of carbonyl (C=O) groups is 1. The van der Waals surface area contributed by atoms with E-state index < -0.39 is 0 Å². The Labute approximate surface area is 157 Å². The third-order valence-electron chi connectivity index (χ3n) is 3.43. The molecule has 2 aromatic carbocycles. The molecule has 0 saturated carbocycles. The van der Waals surface area contributed by atoms with Crippen molar-refractivity contribution >= 4 is 27.5 Å². The summed E-state index contributed by atoms with van der Waals surface area (Å²) in [6, 6.07) is 15.1. The number of nitrogens with zero attached hydrogens (tertiary/aromatic N) is 1. The van der Waals surface area contributed by atoms with Crippen LogP contribution in [0.2, 0.25) is 0 Å². The van der Waals surface area contributed by atoms with Crippen molar-refractivity contribution in [3.05, 3.63) is 53.0 Å². The molecule has 0 aliphatic heterocycles. The Hall–Kier alpha value is -2.05. The second-order valence-electron chi connectivity index (χ2n) is 5.52.